The number of fused-ring (bicyclic) bond motifs is 4. The Balaban J connectivity index is 1.68. The van der Waals surface area contributed by atoms with Crippen LogP contribution in [0.1, 0.15) is 161 Å². The van der Waals surface area contributed by atoms with E-state index in [2.05, 4.69) is 83.1 Å². The molecule has 5 aromatic rings. The predicted molar refractivity (Wildman–Crippen MR) is 259 cm³/mol. The van der Waals surface area contributed by atoms with E-state index in [1.807, 2.05) is 76.2 Å². The monoisotopic (exact) mass is 905 g/mol. The van der Waals surface area contributed by atoms with Crippen molar-refractivity contribution in [3.8, 4) is 23.0 Å². The summed E-state index contributed by atoms with van der Waals surface area (Å²) in [5.41, 5.74) is 7.91. The summed E-state index contributed by atoms with van der Waals surface area (Å²) in [6.07, 6.45) is 0.797. The van der Waals surface area contributed by atoms with Gasteiger partial charge in [-0.25, -0.2) is 9.13 Å². The van der Waals surface area contributed by atoms with Crippen LogP contribution in [-0.4, -0.2) is 4.92 Å². The normalized spacial score (nSPS) is 15.9. The van der Waals surface area contributed by atoms with Crippen molar-refractivity contribution in [1.29, 1.82) is 0 Å². The second-order valence-corrected chi connectivity index (χ2v) is 26.6. The molecule has 0 amide bonds. The zero-order valence-corrected chi connectivity index (χ0v) is 42.3. The molecule has 0 radical (unpaired) electrons. The summed E-state index contributed by atoms with van der Waals surface area (Å²) in [4.78, 5) is 12.1. The van der Waals surface area contributed by atoms with E-state index in [4.69, 9.17) is 18.1 Å². The number of nitro groups is 1. The standard InChI is InChI=1S/C53H65NO8P2/c1-31-20-36-28-37-21-32(2)25-42(51(8,9)10)46(37)60-63(57,59-45(36)41(24-31)50(5,6)7)49(35-18-17-19-40(30-35)54(55)56)64(58)61-47-38(22-33(3)26-43(47)52(11,12)13)29-39-23-34(4)27-44(48(39)62-64)53(14,15)16/h17-27,30,49H,28-29H2,1-16H3. The van der Waals surface area contributed by atoms with Gasteiger partial charge in [-0.3, -0.25) is 10.1 Å². The fourth-order valence-electron chi connectivity index (χ4n) is 9.07. The van der Waals surface area contributed by atoms with Crippen LogP contribution in [0.3, 0.4) is 0 Å². The van der Waals surface area contributed by atoms with Crippen molar-refractivity contribution in [3.63, 3.8) is 0 Å². The maximum absolute atomic E-state index is 17.3. The van der Waals surface area contributed by atoms with Crippen molar-refractivity contribution in [3.05, 3.63) is 155 Å². The van der Waals surface area contributed by atoms with E-state index in [-0.39, 0.29) is 11.3 Å². The molecule has 0 unspecified atom stereocenters. The summed E-state index contributed by atoms with van der Waals surface area (Å²) in [7, 11) is -10.0. The summed E-state index contributed by atoms with van der Waals surface area (Å²) in [6.45, 7) is 32.9. The summed E-state index contributed by atoms with van der Waals surface area (Å²) in [6, 6.07) is 22.0. The number of rotatable bonds is 4. The maximum Gasteiger partial charge on any atom is 0.452 e. The topological polar surface area (TPSA) is 114 Å². The van der Waals surface area contributed by atoms with Gasteiger partial charge < -0.3 is 18.1 Å². The van der Waals surface area contributed by atoms with Crippen LogP contribution in [0.5, 0.6) is 23.0 Å². The lowest BCUT2D eigenvalue weighted by Gasteiger charge is -2.39. The van der Waals surface area contributed by atoms with E-state index in [0.717, 1.165) is 66.8 Å². The number of aryl methyl sites for hydroxylation is 4. The van der Waals surface area contributed by atoms with E-state index in [9.17, 15) is 10.1 Å². The molecular formula is C53H65NO8P2. The zero-order chi connectivity index (χ0) is 47.3. The Labute approximate surface area is 380 Å². The van der Waals surface area contributed by atoms with Crippen molar-refractivity contribution >= 4 is 20.9 Å². The highest BCUT2D eigenvalue weighted by Crippen LogP contribution is 2.79. The van der Waals surface area contributed by atoms with Gasteiger partial charge in [-0.1, -0.05) is 166 Å². The lowest BCUT2D eigenvalue weighted by Crippen LogP contribution is -2.25. The summed E-state index contributed by atoms with van der Waals surface area (Å²) < 4.78 is 63.1. The Morgan fingerprint density at radius 1 is 0.484 bits per heavy atom. The SMILES string of the molecule is Cc1cc2c(c(C(C)(C)C)c1)OP(=O)(C(c1cccc([N+](=O)[O-])c1)P1(=O)Oc3c(cc(C)cc3C(C)(C)C)Cc3cc(C)cc(C(C)(C)C)c3O1)Oc1c(cc(C)cc1C(C)(C)C)C2. The molecule has 11 heteroatoms. The third kappa shape index (κ3) is 9.05. The molecule has 0 atom stereocenters. The predicted octanol–water partition coefficient (Wildman–Crippen LogP) is 15.5. The van der Waals surface area contributed by atoms with Gasteiger partial charge in [0.25, 0.3) is 5.69 Å². The highest BCUT2D eigenvalue weighted by atomic mass is 31.2. The van der Waals surface area contributed by atoms with Crippen LogP contribution >= 0.6 is 15.2 Å². The summed E-state index contributed by atoms with van der Waals surface area (Å²) >= 11 is 0. The van der Waals surface area contributed by atoms with E-state index in [0.29, 0.717) is 35.8 Å². The van der Waals surface area contributed by atoms with Gasteiger partial charge in [0.15, 0.2) is 0 Å². The molecule has 0 aromatic heterocycles. The molecular weight excluding hydrogens is 841 g/mol. The smallest absolute Gasteiger partial charge is 0.415 e. The van der Waals surface area contributed by atoms with Crippen LogP contribution in [-0.2, 0) is 43.6 Å². The average Bonchev–Trinajstić information content (AvgIpc) is 3.12. The number of hydrogen-bond acceptors (Lipinski definition) is 8. The Kier molecular flexibility index (Phi) is 11.7. The lowest BCUT2D eigenvalue weighted by atomic mass is 9.81. The van der Waals surface area contributed by atoms with E-state index >= 15 is 9.13 Å². The van der Waals surface area contributed by atoms with Crippen molar-refractivity contribution < 1.29 is 32.1 Å². The van der Waals surface area contributed by atoms with Gasteiger partial charge in [-0.2, -0.15) is 0 Å². The average molecular weight is 906 g/mol. The fraction of sp³-hybridized carbons (Fsp3) is 0.434. The minimum absolute atomic E-state index is 0.0518. The first kappa shape index (κ1) is 47.1. The van der Waals surface area contributed by atoms with Crippen LogP contribution in [0.4, 0.5) is 5.69 Å². The first-order chi connectivity index (χ1) is 29.4. The molecule has 0 bridgehead atoms. The highest BCUT2D eigenvalue weighted by molar-refractivity contribution is 7.72. The molecule has 0 N–H and O–H groups in total. The Hall–Kier alpha value is -4.84. The van der Waals surface area contributed by atoms with Crippen LogP contribution in [0.25, 0.3) is 0 Å². The van der Waals surface area contributed by atoms with Gasteiger partial charge in [0, 0.05) is 47.2 Å². The largest absolute Gasteiger partial charge is 0.452 e. The van der Waals surface area contributed by atoms with Crippen molar-refractivity contribution in [2.24, 2.45) is 0 Å². The molecule has 5 aromatic carbocycles. The van der Waals surface area contributed by atoms with Gasteiger partial charge in [-0.15, -0.1) is 0 Å². The quantitative estimate of drug-likeness (QED) is 0.0995. The third-order valence-electron chi connectivity index (χ3n) is 12.1. The zero-order valence-electron chi connectivity index (χ0n) is 40.5. The van der Waals surface area contributed by atoms with Crippen LogP contribution in [0.2, 0.25) is 0 Å². The van der Waals surface area contributed by atoms with Gasteiger partial charge in [0.2, 0.25) is 5.40 Å². The maximum atomic E-state index is 17.3. The highest BCUT2D eigenvalue weighted by Gasteiger charge is 2.60. The molecule has 0 saturated heterocycles. The van der Waals surface area contributed by atoms with Gasteiger partial charge in [0.05, 0.1) is 4.92 Å². The molecule has 0 spiro atoms. The second-order valence-electron chi connectivity index (χ2n) is 22.2. The van der Waals surface area contributed by atoms with Crippen LogP contribution in [0.15, 0.2) is 72.8 Å². The number of non-ortho nitro benzene ring substituents is 1. The third-order valence-corrected chi connectivity index (χ3v) is 17.3. The number of nitro benzene ring substituents is 1. The Bertz CT molecular complexity index is 2500. The number of benzene rings is 5. The van der Waals surface area contributed by atoms with Crippen molar-refractivity contribution in [2.75, 3.05) is 0 Å². The lowest BCUT2D eigenvalue weighted by molar-refractivity contribution is -0.384. The van der Waals surface area contributed by atoms with Gasteiger partial charge in [0.1, 0.15) is 23.0 Å². The summed E-state index contributed by atoms with van der Waals surface area (Å²) in [5.74, 6) is 1.38. The molecule has 7 rings (SSSR count). The van der Waals surface area contributed by atoms with Gasteiger partial charge in [-0.05, 0) is 77.2 Å². The first-order valence-corrected chi connectivity index (χ1v) is 25.4. The van der Waals surface area contributed by atoms with Crippen LogP contribution < -0.4 is 18.1 Å². The molecule has 0 aliphatic carbocycles. The molecule has 0 fully saturated rings. The fourth-order valence-corrected chi connectivity index (χ4v) is 14.4. The molecule has 2 heterocycles. The minimum Gasteiger partial charge on any atom is -0.415 e. The van der Waals surface area contributed by atoms with E-state index < -0.39 is 47.2 Å². The molecule has 2 aliphatic heterocycles. The number of nitrogens with zero attached hydrogens (tertiary/aromatic N) is 1. The second kappa shape index (κ2) is 15.9. The number of hydrogen-bond donors (Lipinski definition) is 0. The minimum atomic E-state index is -5.01. The van der Waals surface area contributed by atoms with Crippen LogP contribution in [0, 0.1) is 37.8 Å². The first-order valence-electron chi connectivity index (χ1n) is 22.2. The molecule has 9 nitrogen and oxygen atoms in total. The Morgan fingerprint density at radius 3 is 1.02 bits per heavy atom. The Morgan fingerprint density at radius 2 is 0.766 bits per heavy atom. The van der Waals surface area contributed by atoms with Crippen molar-refractivity contribution in [1.82, 2.24) is 0 Å². The van der Waals surface area contributed by atoms with E-state index in [1.54, 1.807) is 6.07 Å². The van der Waals surface area contributed by atoms with Gasteiger partial charge >= 0.3 is 15.2 Å². The summed E-state index contributed by atoms with van der Waals surface area (Å²) in [5, 5.41) is 10.8. The molecule has 2 aliphatic rings. The van der Waals surface area contributed by atoms with E-state index in [1.165, 1.54) is 18.2 Å². The molecule has 64 heavy (non-hydrogen) atoms. The molecule has 0 saturated carbocycles. The molecule has 340 valence electrons. The van der Waals surface area contributed by atoms with Crippen molar-refractivity contribution in [2.45, 2.75) is 151 Å².